The van der Waals surface area contributed by atoms with Crippen molar-refractivity contribution in [2.45, 2.75) is 18.8 Å². The second kappa shape index (κ2) is 2.95. The van der Waals surface area contributed by atoms with Crippen molar-refractivity contribution in [2.24, 2.45) is 0 Å². The SMILES string of the molecule is CC(F)(C(F)=C(F)F)C(F)(F)F. The van der Waals surface area contributed by atoms with E-state index in [-0.39, 0.29) is 6.92 Å². The van der Waals surface area contributed by atoms with Gasteiger partial charge in [0.1, 0.15) is 0 Å². The van der Waals surface area contributed by atoms with E-state index in [1.54, 1.807) is 0 Å². The highest BCUT2D eigenvalue weighted by atomic mass is 19.4. The van der Waals surface area contributed by atoms with Gasteiger partial charge in [0.25, 0.3) is 5.67 Å². The van der Waals surface area contributed by atoms with Gasteiger partial charge in [0.15, 0.2) is 0 Å². The van der Waals surface area contributed by atoms with Crippen LogP contribution in [0.25, 0.3) is 0 Å². The van der Waals surface area contributed by atoms with Crippen LogP contribution in [0.5, 0.6) is 0 Å². The first-order chi connectivity index (χ1) is 5.10. The molecule has 0 aliphatic heterocycles. The van der Waals surface area contributed by atoms with Gasteiger partial charge in [0.05, 0.1) is 0 Å². The van der Waals surface area contributed by atoms with Crippen LogP contribution in [0.4, 0.5) is 30.7 Å². The fraction of sp³-hybridized carbons (Fsp3) is 0.600. The number of rotatable bonds is 1. The quantitative estimate of drug-likeness (QED) is 0.564. The summed E-state index contributed by atoms with van der Waals surface area (Å²) in [5.41, 5.74) is -4.62. The Morgan fingerprint density at radius 3 is 1.33 bits per heavy atom. The third kappa shape index (κ3) is 1.89. The molecule has 1 unspecified atom stereocenters. The predicted molar refractivity (Wildman–Crippen MR) is 25.9 cm³/mol. The largest absolute Gasteiger partial charge is 0.429 e. The summed E-state index contributed by atoms with van der Waals surface area (Å²) in [5, 5.41) is 0. The van der Waals surface area contributed by atoms with Crippen molar-refractivity contribution in [1.82, 2.24) is 0 Å². The van der Waals surface area contributed by atoms with Gasteiger partial charge in [0.2, 0.25) is 5.83 Å². The average molecular weight is 196 g/mol. The Hall–Kier alpha value is -0.750. The highest BCUT2D eigenvalue weighted by Crippen LogP contribution is 2.41. The van der Waals surface area contributed by atoms with Crippen LogP contribution in [0.1, 0.15) is 6.92 Å². The second-order valence-corrected chi connectivity index (χ2v) is 2.08. The van der Waals surface area contributed by atoms with Crippen LogP contribution in [-0.4, -0.2) is 11.8 Å². The fourth-order valence-electron chi connectivity index (χ4n) is 0.302. The Morgan fingerprint density at radius 1 is 0.917 bits per heavy atom. The van der Waals surface area contributed by atoms with Crippen molar-refractivity contribution in [1.29, 1.82) is 0 Å². The minimum absolute atomic E-state index is 0.318. The first-order valence-corrected chi connectivity index (χ1v) is 2.57. The molecule has 1 atom stereocenters. The standard InChI is InChI=1S/C5H3F7/c1-4(9,5(10,11)12)2(6)3(7)8/h1H3. The van der Waals surface area contributed by atoms with Crippen LogP contribution in [0.15, 0.2) is 11.9 Å². The summed E-state index contributed by atoms with van der Waals surface area (Å²) < 4.78 is 80.9. The first-order valence-electron chi connectivity index (χ1n) is 2.57. The van der Waals surface area contributed by atoms with E-state index in [9.17, 15) is 30.7 Å². The van der Waals surface area contributed by atoms with Gasteiger partial charge in [-0.25, -0.2) is 8.78 Å². The molecule has 12 heavy (non-hydrogen) atoms. The molecule has 0 aliphatic carbocycles. The van der Waals surface area contributed by atoms with Crippen molar-refractivity contribution < 1.29 is 30.7 Å². The fourth-order valence-corrected chi connectivity index (χ4v) is 0.302. The van der Waals surface area contributed by atoms with E-state index < -0.39 is 23.8 Å². The highest BCUT2D eigenvalue weighted by Gasteiger charge is 2.57. The van der Waals surface area contributed by atoms with Gasteiger partial charge in [-0.2, -0.15) is 22.0 Å². The van der Waals surface area contributed by atoms with E-state index in [1.807, 2.05) is 0 Å². The molecule has 0 aliphatic rings. The van der Waals surface area contributed by atoms with E-state index >= 15 is 0 Å². The van der Waals surface area contributed by atoms with E-state index in [0.29, 0.717) is 0 Å². The number of allylic oxidation sites excluding steroid dienone is 1. The average Bonchev–Trinajstić information content (AvgIpc) is 1.83. The topological polar surface area (TPSA) is 0 Å². The molecule has 0 heterocycles. The van der Waals surface area contributed by atoms with E-state index in [2.05, 4.69) is 0 Å². The molecule has 0 fully saturated rings. The number of hydrogen-bond acceptors (Lipinski definition) is 0. The Kier molecular flexibility index (Phi) is 2.76. The molecule has 0 N–H and O–H groups in total. The van der Waals surface area contributed by atoms with Crippen LogP contribution in [0.2, 0.25) is 0 Å². The summed E-state index contributed by atoms with van der Waals surface area (Å²) in [5.74, 6) is -3.10. The molecule has 0 radical (unpaired) electrons. The lowest BCUT2D eigenvalue weighted by Crippen LogP contribution is -2.38. The van der Waals surface area contributed by atoms with Crippen LogP contribution in [-0.2, 0) is 0 Å². The minimum Gasteiger partial charge on any atom is -0.226 e. The summed E-state index contributed by atoms with van der Waals surface area (Å²) in [6.45, 7) is -0.318. The Morgan fingerprint density at radius 2 is 1.25 bits per heavy atom. The van der Waals surface area contributed by atoms with E-state index in [0.717, 1.165) is 0 Å². The van der Waals surface area contributed by atoms with Crippen LogP contribution >= 0.6 is 0 Å². The van der Waals surface area contributed by atoms with Gasteiger partial charge in [-0.3, -0.25) is 0 Å². The molecule has 72 valence electrons. The summed E-state index contributed by atoms with van der Waals surface area (Å²) in [7, 11) is 0. The summed E-state index contributed by atoms with van der Waals surface area (Å²) in [4.78, 5) is 0. The zero-order valence-corrected chi connectivity index (χ0v) is 5.65. The lowest BCUT2D eigenvalue weighted by Gasteiger charge is -2.20. The molecule has 0 aromatic carbocycles. The summed E-state index contributed by atoms with van der Waals surface area (Å²) >= 11 is 0. The monoisotopic (exact) mass is 196 g/mol. The maximum atomic E-state index is 12.2. The number of alkyl halides is 4. The van der Waals surface area contributed by atoms with Crippen LogP contribution in [0, 0.1) is 0 Å². The zero-order valence-electron chi connectivity index (χ0n) is 5.65. The molecule has 0 bridgehead atoms. The second-order valence-electron chi connectivity index (χ2n) is 2.08. The Labute approximate surface area is 62.7 Å². The maximum Gasteiger partial charge on any atom is 0.429 e. The third-order valence-corrected chi connectivity index (χ3v) is 1.11. The Bertz CT molecular complexity index is 194. The van der Waals surface area contributed by atoms with E-state index in [1.165, 1.54) is 0 Å². The number of hydrogen-bond donors (Lipinski definition) is 0. The van der Waals surface area contributed by atoms with Crippen molar-refractivity contribution in [3.8, 4) is 0 Å². The van der Waals surface area contributed by atoms with Gasteiger partial charge >= 0.3 is 12.3 Å². The van der Waals surface area contributed by atoms with Crippen LogP contribution < -0.4 is 0 Å². The molecule has 0 amide bonds. The summed E-state index contributed by atoms with van der Waals surface area (Å²) in [6.07, 6.45) is -8.99. The molecule has 0 spiro atoms. The van der Waals surface area contributed by atoms with Crippen molar-refractivity contribution in [2.75, 3.05) is 0 Å². The summed E-state index contributed by atoms with van der Waals surface area (Å²) in [6, 6.07) is 0. The zero-order chi connectivity index (χ0) is 10.2. The van der Waals surface area contributed by atoms with Gasteiger partial charge < -0.3 is 0 Å². The third-order valence-electron chi connectivity index (χ3n) is 1.11. The van der Waals surface area contributed by atoms with Crippen molar-refractivity contribution >= 4 is 0 Å². The molecule has 0 nitrogen and oxygen atoms in total. The van der Waals surface area contributed by atoms with Crippen molar-refractivity contribution in [3.05, 3.63) is 11.9 Å². The van der Waals surface area contributed by atoms with Gasteiger partial charge in [-0.15, -0.1) is 0 Å². The Balaban J connectivity index is 5.01. The van der Waals surface area contributed by atoms with Crippen molar-refractivity contribution in [3.63, 3.8) is 0 Å². The van der Waals surface area contributed by atoms with Gasteiger partial charge in [-0.05, 0) is 6.92 Å². The molecule has 0 saturated heterocycles. The molecule has 0 aromatic rings. The number of halogens is 7. The molecular formula is C5H3F7. The lowest BCUT2D eigenvalue weighted by molar-refractivity contribution is -0.216. The molecule has 0 rings (SSSR count). The van der Waals surface area contributed by atoms with Gasteiger partial charge in [-0.1, -0.05) is 0 Å². The van der Waals surface area contributed by atoms with Gasteiger partial charge in [0, 0.05) is 0 Å². The molecular weight excluding hydrogens is 193 g/mol. The highest BCUT2D eigenvalue weighted by molar-refractivity contribution is 5.11. The lowest BCUT2D eigenvalue weighted by atomic mass is 10.1. The molecule has 0 saturated carbocycles. The van der Waals surface area contributed by atoms with Crippen LogP contribution in [0.3, 0.4) is 0 Å². The smallest absolute Gasteiger partial charge is 0.226 e. The normalized spacial score (nSPS) is 17.0. The van der Waals surface area contributed by atoms with E-state index in [4.69, 9.17) is 0 Å². The molecule has 7 heteroatoms. The predicted octanol–water partition coefficient (Wildman–Crippen LogP) is 3.35. The molecule has 0 aromatic heterocycles. The first kappa shape index (κ1) is 11.2. The minimum atomic E-state index is -5.68. The maximum absolute atomic E-state index is 12.2.